The first-order valence-corrected chi connectivity index (χ1v) is 4.37. The van der Waals surface area contributed by atoms with Gasteiger partial charge in [-0.25, -0.2) is 0 Å². The molecule has 2 atom stereocenters. The maximum atomic E-state index is 11.0. The number of carbonyl (C=O) groups excluding carboxylic acids is 1. The fourth-order valence-electron chi connectivity index (χ4n) is 0.743. The molecular formula is C8H18N2O3. The van der Waals surface area contributed by atoms with Gasteiger partial charge in [0.25, 0.3) is 0 Å². The highest BCUT2D eigenvalue weighted by atomic mass is 16.3. The molecule has 0 rings (SSSR count). The van der Waals surface area contributed by atoms with Crippen LogP contribution in [0.15, 0.2) is 0 Å². The predicted octanol–water partition coefficient (Wildman–Crippen LogP) is -1.42. The number of rotatable bonds is 6. The van der Waals surface area contributed by atoms with Crippen molar-refractivity contribution in [3.05, 3.63) is 0 Å². The van der Waals surface area contributed by atoms with E-state index in [0.29, 0.717) is 12.8 Å². The predicted molar refractivity (Wildman–Crippen MR) is 49.0 cm³/mol. The van der Waals surface area contributed by atoms with Gasteiger partial charge in [0.15, 0.2) is 0 Å². The van der Waals surface area contributed by atoms with Gasteiger partial charge >= 0.3 is 0 Å². The molecule has 0 aromatic carbocycles. The zero-order valence-corrected chi connectivity index (χ0v) is 7.86. The SMILES string of the molecule is CC(N)CCC(=O)NCC(O)CO. The van der Waals surface area contributed by atoms with Gasteiger partial charge in [-0.05, 0) is 13.3 Å². The van der Waals surface area contributed by atoms with Crippen LogP contribution in [0, 0.1) is 0 Å². The van der Waals surface area contributed by atoms with Crippen molar-refractivity contribution < 1.29 is 15.0 Å². The minimum Gasteiger partial charge on any atom is -0.394 e. The van der Waals surface area contributed by atoms with Crippen LogP contribution < -0.4 is 11.1 Å². The highest BCUT2D eigenvalue weighted by molar-refractivity contribution is 5.75. The highest BCUT2D eigenvalue weighted by Crippen LogP contribution is 1.92. The largest absolute Gasteiger partial charge is 0.394 e. The molecule has 78 valence electrons. The fraction of sp³-hybridized carbons (Fsp3) is 0.875. The molecule has 13 heavy (non-hydrogen) atoms. The van der Waals surface area contributed by atoms with Gasteiger partial charge in [0, 0.05) is 19.0 Å². The lowest BCUT2D eigenvalue weighted by atomic mass is 10.2. The molecule has 0 aromatic rings. The van der Waals surface area contributed by atoms with Crippen LogP contribution in [0.3, 0.4) is 0 Å². The quantitative estimate of drug-likeness (QED) is 0.413. The van der Waals surface area contributed by atoms with E-state index in [9.17, 15) is 4.79 Å². The maximum Gasteiger partial charge on any atom is 0.220 e. The Hall–Kier alpha value is -0.650. The van der Waals surface area contributed by atoms with Gasteiger partial charge in [0.1, 0.15) is 0 Å². The molecule has 5 N–H and O–H groups in total. The van der Waals surface area contributed by atoms with E-state index in [-0.39, 0.29) is 25.1 Å². The second-order valence-corrected chi connectivity index (χ2v) is 3.16. The Labute approximate surface area is 77.9 Å². The number of hydrogen-bond donors (Lipinski definition) is 4. The monoisotopic (exact) mass is 190 g/mol. The average Bonchev–Trinajstić information content (AvgIpc) is 2.10. The maximum absolute atomic E-state index is 11.0. The van der Waals surface area contributed by atoms with Crippen molar-refractivity contribution in [1.29, 1.82) is 0 Å². The van der Waals surface area contributed by atoms with Crippen molar-refractivity contribution in [2.24, 2.45) is 5.73 Å². The van der Waals surface area contributed by atoms with Crippen molar-refractivity contribution in [2.75, 3.05) is 13.2 Å². The average molecular weight is 190 g/mol. The molecule has 0 fully saturated rings. The molecule has 0 heterocycles. The summed E-state index contributed by atoms with van der Waals surface area (Å²) in [6.07, 6.45) is 0.107. The third-order valence-electron chi connectivity index (χ3n) is 1.57. The van der Waals surface area contributed by atoms with Crippen molar-refractivity contribution in [1.82, 2.24) is 5.32 Å². The minimum atomic E-state index is -0.876. The smallest absolute Gasteiger partial charge is 0.220 e. The van der Waals surface area contributed by atoms with Crippen molar-refractivity contribution in [2.45, 2.75) is 31.9 Å². The van der Waals surface area contributed by atoms with Crippen LogP contribution in [-0.2, 0) is 4.79 Å². The molecule has 2 unspecified atom stereocenters. The molecule has 0 saturated carbocycles. The number of aliphatic hydroxyl groups excluding tert-OH is 2. The van der Waals surface area contributed by atoms with Crippen LogP contribution in [0.1, 0.15) is 19.8 Å². The molecule has 0 spiro atoms. The number of aliphatic hydroxyl groups is 2. The number of carbonyl (C=O) groups is 1. The number of nitrogens with two attached hydrogens (primary N) is 1. The Kier molecular flexibility index (Phi) is 6.48. The number of nitrogens with one attached hydrogen (secondary N) is 1. The molecule has 0 bridgehead atoms. The second kappa shape index (κ2) is 6.82. The lowest BCUT2D eigenvalue weighted by Gasteiger charge is -2.09. The van der Waals surface area contributed by atoms with Gasteiger partial charge in [-0.15, -0.1) is 0 Å². The van der Waals surface area contributed by atoms with Crippen LogP contribution >= 0.6 is 0 Å². The lowest BCUT2D eigenvalue weighted by molar-refractivity contribution is -0.121. The lowest BCUT2D eigenvalue weighted by Crippen LogP contribution is -2.34. The molecule has 1 amide bonds. The summed E-state index contributed by atoms with van der Waals surface area (Å²) in [6.45, 7) is 1.58. The third-order valence-corrected chi connectivity index (χ3v) is 1.57. The van der Waals surface area contributed by atoms with Gasteiger partial charge in [0.2, 0.25) is 5.91 Å². The number of amides is 1. The Balaban J connectivity index is 3.40. The van der Waals surface area contributed by atoms with E-state index >= 15 is 0 Å². The third kappa shape index (κ3) is 7.70. The highest BCUT2D eigenvalue weighted by Gasteiger charge is 2.06. The Morgan fingerprint density at radius 1 is 1.62 bits per heavy atom. The van der Waals surface area contributed by atoms with E-state index in [1.165, 1.54) is 0 Å². The van der Waals surface area contributed by atoms with E-state index in [2.05, 4.69) is 5.32 Å². The number of hydrogen-bond acceptors (Lipinski definition) is 4. The van der Waals surface area contributed by atoms with Crippen LogP contribution in [0.5, 0.6) is 0 Å². The molecule has 0 aliphatic rings. The van der Waals surface area contributed by atoms with Crippen molar-refractivity contribution in [3.63, 3.8) is 0 Å². The summed E-state index contributed by atoms with van der Waals surface area (Å²) in [6, 6.07) is 0.00788. The molecular weight excluding hydrogens is 172 g/mol. The van der Waals surface area contributed by atoms with Crippen LogP contribution in [-0.4, -0.2) is 41.4 Å². The fourth-order valence-corrected chi connectivity index (χ4v) is 0.743. The summed E-state index contributed by atoms with van der Waals surface area (Å²) in [7, 11) is 0. The molecule has 5 heteroatoms. The minimum absolute atomic E-state index is 0.00788. The van der Waals surface area contributed by atoms with E-state index in [0.717, 1.165) is 0 Å². The van der Waals surface area contributed by atoms with E-state index in [1.807, 2.05) is 6.92 Å². The Morgan fingerprint density at radius 3 is 2.69 bits per heavy atom. The topological polar surface area (TPSA) is 95.6 Å². The van der Waals surface area contributed by atoms with Gasteiger partial charge < -0.3 is 21.3 Å². The standard InChI is InChI=1S/C8H18N2O3/c1-6(9)2-3-8(13)10-4-7(12)5-11/h6-7,11-12H,2-5,9H2,1H3,(H,10,13). The Bertz CT molecular complexity index is 150. The van der Waals surface area contributed by atoms with E-state index in [1.54, 1.807) is 0 Å². The van der Waals surface area contributed by atoms with Crippen molar-refractivity contribution in [3.8, 4) is 0 Å². The molecule has 0 aliphatic heterocycles. The second-order valence-electron chi connectivity index (χ2n) is 3.16. The first kappa shape index (κ1) is 12.3. The summed E-state index contributed by atoms with van der Waals surface area (Å²) in [4.78, 5) is 11.0. The first-order chi connectivity index (χ1) is 6.06. The van der Waals surface area contributed by atoms with Gasteiger partial charge in [-0.3, -0.25) is 4.79 Å². The van der Waals surface area contributed by atoms with Gasteiger partial charge in [0.05, 0.1) is 12.7 Å². The first-order valence-electron chi connectivity index (χ1n) is 4.37. The van der Waals surface area contributed by atoms with E-state index < -0.39 is 6.10 Å². The van der Waals surface area contributed by atoms with E-state index in [4.69, 9.17) is 15.9 Å². The van der Waals surface area contributed by atoms with Crippen molar-refractivity contribution >= 4 is 5.91 Å². The summed E-state index contributed by atoms with van der Waals surface area (Å²) in [5.74, 6) is -0.148. The van der Waals surface area contributed by atoms with Gasteiger partial charge in [-0.1, -0.05) is 0 Å². The van der Waals surface area contributed by atoms with Gasteiger partial charge in [-0.2, -0.15) is 0 Å². The summed E-state index contributed by atoms with van der Waals surface area (Å²) in [5.41, 5.74) is 5.45. The zero-order valence-electron chi connectivity index (χ0n) is 7.86. The summed E-state index contributed by atoms with van der Waals surface area (Å²) < 4.78 is 0. The van der Waals surface area contributed by atoms with Crippen LogP contribution in [0.4, 0.5) is 0 Å². The molecule has 0 aromatic heterocycles. The zero-order chi connectivity index (χ0) is 10.3. The molecule has 5 nitrogen and oxygen atoms in total. The molecule has 0 saturated heterocycles. The van der Waals surface area contributed by atoms with Crippen LogP contribution in [0.25, 0.3) is 0 Å². The normalized spacial score (nSPS) is 15.1. The summed E-state index contributed by atoms with van der Waals surface area (Å²) >= 11 is 0. The summed E-state index contributed by atoms with van der Waals surface area (Å²) in [5, 5.41) is 19.8. The Morgan fingerprint density at radius 2 is 2.23 bits per heavy atom. The van der Waals surface area contributed by atoms with Crippen LogP contribution in [0.2, 0.25) is 0 Å². The molecule has 0 aliphatic carbocycles. The molecule has 0 radical (unpaired) electrons.